The minimum Gasteiger partial charge on any atom is -0.371 e. The van der Waals surface area contributed by atoms with E-state index in [4.69, 9.17) is 4.74 Å². The van der Waals surface area contributed by atoms with E-state index < -0.39 is 10.0 Å². The molecule has 7 heteroatoms. The van der Waals surface area contributed by atoms with Crippen LogP contribution in [0.15, 0.2) is 29.2 Å². The number of hydrogen-bond acceptors (Lipinski definition) is 4. The molecule has 3 fully saturated rings. The second-order valence-electron chi connectivity index (χ2n) is 7.41. The summed E-state index contributed by atoms with van der Waals surface area (Å²) in [5, 5.41) is 3.08. The predicted molar refractivity (Wildman–Crippen MR) is 92.5 cm³/mol. The number of aryl methyl sites for hydroxylation is 1. The predicted octanol–water partition coefficient (Wildman–Crippen LogP) is 1.44. The summed E-state index contributed by atoms with van der Waals surface area (Å²) in [6.07, 6.45) is 3.31. The van der Waals surface area contributed by atoms with Crippen LogP contribution >= 0.6 is 0 Å². The number of sulfonamides is 1. The molecule has 1 amide bonds. The second kappa shape index (κ2) is 6.37. The van der Waals surface area contributed by atoms with Gasteiger partial charge in [-0.25, -0.2) is 8.42 Å². The number of ether oxygens (including phenoxy) is 1. The number of amides is 1. The Morgan fingerprint density at radius 3 is 2.76 bits per heavy atom. The molecule has 0 radical (unpaired) electrons. The van der Waals surface area contributed by atoms with Crippen molar-refractivity contribution in [2.45, 2.75) is 55.8 Å². The molecule has 2 heterocycles. The summed E-state index contributed by atoms with van der Waals surface area (Å²) >= 11 is 0. The lowest BCUT2D eigenvalue weighted by Crippen LogP contribution is -2.49. The number of benzene rings is 1. The quantitative estimate of drug-likeness (QED) is 0.877. The summed E-state index contributed by atoms with van der Waals surface area (Å²) in [4.78, 5) is 12.8. The van der Waals surface area contributed by atoms with Crippen LogP contribution in [0.5, 0.6) is 0 Å². The van der Waals surface area contributed by atoms with Gasteiger partial charge in [0, 0.05) is 19.1 Å². The van der Waals surface area contributed by atoms with Crippen LogP contribution in [0.25, 0.3) is 0 Å². The number of morpholine rings is 1. The first-order valence-electron chi connectivity index (χ1n) is 8.96. The smallest absolute Gasteiger partial charge is 0.243 e. The molecule has 1 N–H and O–H groups in total. The normalized spacial score (nSPS) is 30.0. The summed E-state index contributed by atoms with van der Waals surface area (Å²) in [6, 6.07) is 7.24. The molecule has 4 rings (SSSR count). The molecule has 1 aromatic rings. The van der Waals surface area contributed by atoms with Gasteiger partial charge in [0.25, 0.3) is 0 Å². The van der Waals surface area contributed by atoms with Crippen LogP contribution in [0.2, 0.25) is 0 Å². The van der Waals surface area contributed by atoms with E-state index in [-0.39, 0.29) is 30.6 Å². The van der Waals surface area contributed by atoms with E-state index in [1.807, 2.05) is 13.0 Å². The van der Waals surface area contributed by atoms with Crippen molar-refractivity contribution in [3.63, 3.8) is 0 Å². The molecular weight excluding hydrogens is 340 g/mol. The fourth-order valence-electron chi connectivity index (χ4n) is 3.88. The number of hydrogen-bond donors (Lipinski definition) is 1. The minimum absolute atomic E-state index is 0.0204. The minimum atomic E-state index is -3.55. The standard InChI is InChI=1S/C18H24N2O4S/c1-12-4-2-7-15(8-12)25(22,23)20-10-14-9-16(17(11-20)24-14)18(21)19-13-5-3-6-13/h2,4,7-8,13-14,16-17H,3,5-6,9-11H2,1H3,(H,19,21)/t14-,16-,17-/m0/s1. The van der Waals surface area contributed by atoms with Gasteiger partial charge >= 0.3 is 0 Å². The molecule has 1 saturated carbocycles. The van der Waals surface area contributed by atoms with Gasteiger partial charge in [-0.1, -0.05) is 12.1 Å². The van der Waals surface area contributed by atoms with Gasteiger partial charge < -0.3 is 10.1 Å². The van der Waals surface area contributed by atoms with Gasteiger partial charge in [-0.15, -0.1) is 0 Å². The lowest BCUT2D eigenvalue weighted by atomic mass is 9.91. The van der Waals surface area contributed by atoms with E-state index in [1.54, 1.807) is 18.2 Å². The zero-order valence-corrected chi connectivity index (χ0v) is 15.2. The Hall–Kier alpha value is -1.44. The highest BCUT2D eigenvalue weighted by molar-refractivity contribution is 7.89. The maximum absolute atomic E-state index is 12.9. The molecule has 1 aliphatic carbocycles. The van der Waals surface area contributed by atoms with Crippen molar-refractivity contribution in [3.05, 3.63) is 29.8 Å². The molecule has 2 bridgehead atoms. The zero-order valence-electron chi connectivity index (χ0n) is 14.3. The van der Waals surface area contributed by atoms with Gasteiger partial charge in [-0.05, 0) is 50.3 Å². The third kappa shape index (κ3) is 3.20. The SMILES string of the molecule is Cc1cccc(S(=O)(=O)N2C[C@@H]3C[C@H](C(=O)NC4CCC4)[C@H](C2)O3)c1. The van der Waals surface area contributed by atoms with Gasteiger partial charge in [0.2, 0.25) is 15.9 Å². The lowest BCUT2D eigenvalue weighted by Gasteiger charge is -2.32. The van der Waals surface area contributed by atoms with Crippen molar-refractivity contribution >= 4 is 15.9 Å². The van der Waals surface area contributed by atoms with Crippen molar-refractivity contribution in [3.8, 4) is 0 Å². The Morgan fingerprint density at radius 1 is 1.28 bits per heavy atom. The molecule has 2 aliphatic heterocycles. The van der Waals surface area contributed by atoms with Crippen LogP contribution < -0.4 is 5.32 Å². The highest BCUT2D eigenvalue weighted by Gasteiger charge is 2.47. The number of carbonyl (C=O) groups excluding carboxylic acids is 1. The topological polar surface area (TPSA) is 75.7 Å². The van der Waals surface area contributed by atoms with E-state index in [2.05, 4.69) is 5.32 Å². The molecular formula is C18H24N2O4S. The monoisotopic (exact) mass is 364 g/mol. The van der Waals surface area contributed by atoms with Gasteiger partial charge in [-0.2, -0.15) is 4.31 Å². The number of nitrogens with zero attached hydrogens (tertiary/aromatic N) is 1. The molecule has 2 saturated heterocycles. The van der Waals surface area contributed by atoms with E-state index in [0.717, 1.165) is 18.4 Å². The first-order chi connectivity index (χ1) is 11.9. The van der Waals surface area contributed by atoms with E-state index in [1.165, 1.54) is 10.7 Å². The molecule has 6 nitrogen and oxygen atoms in total. The number of carbonyl (C=O) groups is 1. The van der Waals surface area contributed by atoms with E-state index >= 15 is 0 Å². The molecule has 25 heavy (non-hydrogen) atoms. The fourth-order valence-corrected chi connectivity index (χ4v) is 5.47. The number of rotatable bonds is 4. The van der Waals surface area contributed by atoms with Crippen molar-refractivity contribution in [2.75, 3.05) is 13.1 Å². The molecule has 0 aromatic heterocycles. The first kappa shape index (κ1) is 17.0. The second-order valence-corrected chi connectivity index (χ2v) is 9.35. The van der Waals surface area contributed by atoms with Crippen molar-refractivity contribution < 1.29 is 17.9 Å². The summed E-state index contributed by atoms with van der Waals surface area (Å²) < 4.78 is 33.2. The Morgan fingerprint density at radius 2 is 2.08 bits per heavy atom. The van der Waals surface area contributed by atoms with Crippen molar-refractivity contribution in [1.29, 1.82) is 0 Å². The van der Waals surface area contributed by atoms with Gasteiger partial charge in [0.15, 0.2) is 0 Å². The maximum Gasteiger partial charge on any atom is 0.243 e. The zero-order chi connectivity index (χ0) is 17.6. The lowest BCUT2D eigenvalue weighted by molar-refractivity contribution is -0.128. The highest BCUT2D eigenvalue weighted by Crippen LogP contribution is 2.35. The van der Waals surface area contributed by atoms with E-state index in [9.17, 15) is 13.2 Å². The Kier molecular flexibility index (Phi) is 4.33. The Bertz CT molecular complexity index is 775. The Balaban J connectivity index is 1.49. The van der Waals surface area contributed by atoms with E-state index in [0.29, 0.717) is 23.9 Å². The number of fused-ring (bicyclic) bond motifs is 2. The highest BCUT2D eigenvalue weighted by atomic mass is 32.2. The average Bonchev–Trinajstić information content (AvgIpc) is 2.84. The van der Waals surface area contributed by atoms with Crippen molar-refractivity contribution in [2.24, 2.45) is 5.92 Å². The van der Waals surface area contributed by atoms with Gasteiger partial charge in [0.05, 0.1) is 23.0 Å². The number of nitrogens with one attached hydrogen (secondary N) is 1. The first-order valence-corrected chi connectivity index (χ1v) is 10.4. The van der Waals surface area contributed by atoms with Crippen LogP contribution in [0.4, 0.5) is 0 Å². The van der Waals surface area contributed by atoms with Crippen LogP contribution in [0.3, 0.4) is 0 Å². The van der Waals surface area contributed by atoms with Gasteiger partial charge in [-0.3, -0.25) is 4.79 Å². The summed E-state index contributed by atoms with van der Waals surface area (Å²) in [7, 11) is -3.55. The molecule has 0 unspecified atom stereocenters. The van der Waals surface area contributed by atoms with Crippen molar-refractivity contribution in [1.82, 2.24) is 9.62 Å². The van der Waals surface area contributed by atoms with Crippen LogP contribution in [-0.2, 0) is 19.6 Å². The summed E-state index contributed by atoms with van der Waals surface area (Å²) in [5.41, 5.74) is 0.912. The van der Waals surface area contributed by atoms with Crippen LogP contribution in [0, 0.1) is 12.8 Å². The van der Waals surface area contributed by atoms with Gasteiger partial charge in [0.1, 0.15) is 0 Å². The van der Waals surface area contributed by atoms with Crippen LogP contribution in [-0.4, -0.2) is 50.0 Å². The third-order valence-corrected chi connectivity index (χ3v) is 7.37. The Labute approximate surface area is 148 Å². The summed E-state index contributed by atoms with van der Waals surface area (Å²) in [6.45, 7) is 2.44. The average molecular weight is 364 g/mol. The molecule has 0 spiro atoms. The van der Waals surface area contributed by atoms with Crippen LogP contribution in [0.1, 0.15) is 31.2 Å². The molecule has 1 aromatic carbocycles. The molecule has 136 valence electrons. The molecule has 3 atom stereocenters. The maximum atomic E-state index is 12.9. The summed E-state index contributed by atoms with van der Waals surface area (Å²) in [5.74, 6) is -0.227. The fraction of sp³-hybridized carbons (Fsp3) is 0.611. The third-order valence-electron chi connectivity index (χ3n) is 5.54. The largest absolute Gasteiger partial charge is 0.371 e. The molecule has 3 aliphatic rings.